The molecule has 0 spiro atoms. The van der Waals surface area contributed by atoms with Crippen LogP contribution in [0.3, 0.4) is 0 Å². The summed E-state index contributed by atoms with van der Waals surface area (Å²) >= 11 is 0. The van der Waals surface area contributed by atoms with Gasteiger partial charge in [0.1, 0.15) is 0 Å². The van der Waals surface area contributed by atoms with Gasteiger partial charge in [-0.15, -0.1) is 0 Å². The summed E-state index contributed by atoms with van der Waals surface area (Å²) in [5.74, 6) is 0. The van der Waals surface area contributed by atoms with Gasteiger partial charge in [-0.05, 0) is 25.0 Å². The van der Waals surface area contributed by atoms with E-state index in [2.05, 4.69) is 21.9 Å². The van der Waals surface area contributed by atoms with Gasteiger partial charge in [0.15, 0.2) is 5.03 Å². The van der Waals surface area contributed by atoms with Gasteiger partial charge in [-0.2, -0.15) is 0 Å². The van der Waals surface area contributed by atoms with E-state index in [1.165, 1.54) is 6.20 Å². The molecule has 0 unspecified atom stereocenters. The molecule has 0 aromatic carbocycles. The predicted molar refractivity (Wildman–Crippen MR) is 83.9 cm³/mol. The van der Waals surface area contributed by atoms with Crippen LogP contribution in [-0.2, 0) is 14.8 Å². The monoisotopic (exact) mass is 315 g/mol. The number of nitrogens with one attached hydrogen (secondary N) is 2. The molecule has 0 saturated heterocycles. The molecule has 1 rings (SSSR count). The van der Waals surface area contributed by atoms with Crippen LogP contribution in [0.2, 0.25) is 0 Å². The molecule has 0 radical (unpaired) electrons. The van der Waals surface area contributed by atoms with Crippen molar-refractivity contribution >= 4 is 15.7 Å². The molecule has 0 atom stereocenters. The summed E-state index contributed by atoms with van der Waals surface area (Å²) < 4.78 is 32.3. The number of sulfonamides is 1. The molecule has 0 saturated carbocycles. The molecule has 0 fully saturated rings. The van der Waals surface area contributed by atoms with E-state index in [4.69, 9.17) is 4.74 Å². The third-order valence-electron chi connectivity index (χ3n) is 2.77. The minimum absolute atomic E-state index is 0.0343. The first-order valence-corrected chi connectivity index (χ1v) is 8.86. The average Bonchev–Trinajstić information content (AvgIpc) is 2.49. The summed E-state index contributed by atoms with van der Waals surface area (Å²) in [5.41, 5.74) is 0.527. The lowest BCUT2D eigenvalue weighted by Crippen LogP contribution is -2.29. The van der Waals surface area contributed by atoms with Gasteiger partial charge in [0.2, 0.25) is 0 Å². The van der Waals surface area contributed by atoms with Crippen LogP contribution < -0.4 is 10.0 Å². The van der Waals surface area contributed by atoms with E-state index >= 15 is 0 Å². The van der Waals surface area contributed by atoms with Gasteiger partial charge in [0, 0.05) is 25.9 Å². The number of rotatable bonds is 11. The molecule has 0 aliphatic rings. The van der Waals surface area contributed by atoms with Crippen molar-refractivity contribution in [3.8, 4) is 0 Å². The Labute approximate surface area is 127 Å². The maximum atomic E-state index is 12.2. The molecule has 7 heteroatoms. The molecule has 0 aliphatic heterocycles. The van der Waals surface area contributed by atoms with E-state index in [0.717, 1.165) is 19.3 Å². The van der Waals surface area contributed by atoms with E-state index in [9.17, 15) is 8.42 Å². The largest absolute Gasteiger partial charge is 0.383 e. The van der Waals surface area contributed by atoms with Crippen LogP contribution in [0.25, 0.3) is 0 Å². The number of anilines is 1. The number of pyridine rings is 1. The number of hydrogen-bond donors (Lipinski definition) is 2. The van der Waals surface area contributed by atoms with Crippen LogP contribution in [-0.4, -0.2) is 39.7 Å². The summed E-state index contributed by atoms with van der Waals surface area (Å²) in [6.45, 7) is 6.07. The summed E-state index contributed by atoms with van der Waals surface area (Å²) in [7, 11) is -3.62. The number of nitrogens with zero attached hydrogens (tertiary/aromatic N) is 1. The van der Waals surface area contributed by atoms with Gasteiger partial charge in [-0.1, -0.05) is 20.3 Å². The van der Waals surface area contributed by atoms with Gasteiger partial charge < -0.3 is 10.1 Å². The lowest BCUT2D eigenvalue weighted by Gasteiger charge is -2.11. The molecule has 21 heavy (non-hydrogen) atoms. The zero-order valence-electron chi connectivity index (χ0n) is 12.8. The smallest absolute Gasteiger partial charge is 0.260 e. The third kappa shape index (κ3) is 6.41. The topological polar surface area (TPSA) is 80.3 Å². The molecule has 120 valence electrons. The molecule has 2 N–H and O–H groups in total. The van der Waals surface area contributed by atoms with Crippen molar-refractivity contribution in [1.29, 1.82) is 0 Å². The summed E-state index contributed by atoms with van der Waals surface area (Å²) in [5, 5.41) is 3.11. The van der Waals surface area contributed by atoms with Crippen molar-refractivity contribution in [2.75, 3.05) is 31.6 Å². The minimum atomic E-state index is -3.62. The lowest BCUT2D eigenvalue weighted by atomic mass is 10.4. The molecule has 0 amide bonds. The average molecular weight is 315 g/mol. The Morgan fingerprint density at radius 3 is 2.71 bits per heavy atom. The zero-order chi connectivity index (χ0) is 15.6. The Kier molecular flexibility index (Phi) is 8.26. The minimum Gasteiger partial charge on any atom is -0.383 e. The SMILES string of the molecule is CCCCOCCNS(=O)(=O)c1ncccc1NCCC. The van der Waals surface area contributed by atoms with Crippen molar-refractivity contribution in [2.45, 2.75) is 38.1 Å². The van der Waals surface area contributed by atoms with E-state index < -0.39 is 10.0 Å². The summed E-state index contributed by atoms with van der Waals surface area (Å²) in [4.78, 5) is 3.98. The van der Waals surface area contributed by atoms with Crippen LogP contribution in [0.1, 0.15) is 33.1 Å². The van der Waals surface area contributed by atoms with Crippen molar-refractivity contribution in [3.05, 3.63) is 18.3 Å². The van der Waals surface area contributed by atoms with Gasteiger partial charge >= 0.3 is 0 Å². The van der Waals surface area contributed by atoms with Crippen LogP contribution >= 0.6 is 0 Å². The second-order valence-electron chi connectivity index (χ2n) is 4.65. The van der Waals surface area contributed by atoms with E-state index in [1.54, 1.807) is 12.1 Å². The fourth-order valence-electron chi connectivity index (χ4n) is 1.66. The molecular weight excluding hydrogens is 290 g/mol. The quantitative estimate of drug-likeness (QED) is 0.611. The molecular formula is C14H25N3O3S. The fraction of sp³-hybridized carbons (Fsp3) is 0.643. The van der Waals surface area contributed by atoms with Gasteiger partial charge in [-0.25, -0.2) is 18.1 Å². The number of aromatic nitrogens is 1. The van der Waals surface area contributed by atoms with Crippen LogP contribution in [0.5, 0.6) is 0 Å². The predicted octanol–water partition coefficient (Wildman–Crippen LogP) is 2.00. The molecule has 6 nitrogen and oxygen atoms in total. The second kappa shape index (κ2) is 9.70. The molecule has 1 aromatic rings. The second-order valence-corrected chi connectivity index (χ2v) is 6.33. The summed E-state index contributed by atoms with van der Waals surface area (Å²) in [6.07, 6.45) is 4.43. The van der Waals surface area contributed by atoms with E-state index in [-0.39, 0.29) is 11.6 Å². The third-order valence-corrected chi connectivity index (χ3v) is 4.19. The normalized spacial score (nSPS) is 11.5. The molecule has 0 bridgehead atoms. The first-order chi connectivity index (χ1) is 10.1. The van der Waals surface area contributed by atoms with Crippen LogP contribution in [0.4, 0.5) is 5.69 Å². The highest BCUT2D eigenvalue weighted by Gasteiger charge is 2.19. The standard InChI is InChI=1S/C14H25N3O3S/c1-3-5-11-20-12-10-17-21(18,19)14-13(15-8-4-2)7-6-9-16-14/h6-7,9,15,17H,3-5,8,10-12H2,1-2H3. The zero-order valence-corrected chi connectivity index (χ0v) is 13.6. The molecule has 0 aliphatic carbocycles. The number of unbranched alkanes of at least 4 members (excludes halogenated alkanes) is 1. The van der Waals surface area contributed by atoms with E-state index in [0.29, 0.717) is 25.4 Å². The van der Waals surface area contributed by atoms with Crippen molar-refractivity contribution in [1.82, 2.24) is 9.71 Å². The maximum Gasteiger partial charge on any atom is 0.260 e. The number of hydrogen-bond acceptors (Lipinski definition) is 5. The van der Waals surface area contributed by atoms with Crippen molar-refractivity contribution < 1.29 is 13.2 Å². The maximum absolute atomic E-state index is 12.2. The Bertz CT molecular complexity index is 506. The highest BCUT2D eigenvalue weighted by atomic mass is 32.2. The lowest BCUT2D eigenvalue weighted by molar-refractivity contribution is 0.136. The van der Waals surface area contributed by atoms with Crippen LogP contribution in [0, 0.1) is 0 Å². The Balaban J connectivity index is 2.57. The van der Waals surface area contributed by atoms with E-state index in [1.807, 2.05) is 6.92 Å². The Hall–Kier alpha value is -1.18. The first-order valence-electron chi connectivity index (χ1n) is 7.38. The number of ether oxygens (including phenoxy) is 1. The summed E-state index contributed by atoms with van der Waals surface area (Å²) in [6, 6.07) is 3.43. The molecule has 1 aromatic heterocycles. The Morgan fingerprint density at radius 2 is 2.00 bits per heavy atom. The Morgan fingerprint density at radius 1 is 1.19 bits per heavy atom. The first kappa shape index (κ1) is 17.9. The highest BCUT2D eigenvalue weighted by molar-refractivity contribution is 7.89. The fourth-order valence-corrected chi connectivity index (χ4v) is 2.78. The van der Waals surface area contributed by atoms with Gasteiger partial charge in [0.25, 0.3) is 10.0 Å². The van der Waals surface area contributed by atoms with Crippen LogP contribution in [0.15, 0.2) is 23.4 Å². The van der Waals surface area contributed by atoms with Gasteiger partial charge in [0.05, 0.1) is 12.3 Å². The molecule has 1 heterocycles. The van der Waals surface area contributed by atoms with Crippen molar-refractivity contribution in [3.63, 3.8) is 0 Å². The highest BCUT2D eigenvalue weighted by Crippen LogP contribution is 2.17. The van der Waals surface area contributed by atoms with Gasteiger partial charge in [-0.3, -0.25) is 0 Å². The van der Waals surface area contributed by atoms with Crippen molar-refractivity contribution in [2.24, 2.45) is 0 Å².